The summed E-state index contributed by atoms with van der Waals surface area (Å²) in [6, 6.07) is 1.76. The molecule has 0 spiro atoms. The van der Waals surface area contributed by atoms with Crippen molar-refractivity contribution >= 4 is 22.8 Å². The summed E-state index contributed by atoms with van der Waals surface area (Å²) in [5.41, 5.74) is 2.35. The Hall–Kier alpha value is -2.15. The van der Waals surface area contributed by atoms with Gasteiger partial charge in [-0.25, -0.2) is 9.78 Å². The van der Waals surface area contributed by atoms with Crippen molar-refractivity contribution in [2.45, 2.75) is 32.8 Å². The number of carbonyl (C=O) groups is 1. The summed E-state index contributed by atoms with van der Waals surface area (Å²) in [7, 11) is 1.85. The Morgan fingerprint density at radius 2 is 2.30 bits per heavy atom. The number of aliphatic hydroxyl groups is 1. The Kier molecular flexibility index (Phi) is 4.21. The van der Waals surface area contributed by atoms with Crippen LogP contribution in [0.2, 0.25) is 0 Å². The minimum Gasteiger partial charge on any atom is -0.393 e. The van der Waals surface area contributed by atoms with Gasteiger partial charge in [-0.05, 0) is 32.8 Å². The number of aromatic nitrogens is 3. The number of pyridine rings is 1. The van der Waals surface area contributed by atoms with E-state index < -0.39 is 0 Å². The third-order valence-electron chi connectivity index (χ3n) is 4.54. The van der Waals surface area contributed by atoms with Crippen molar-refractivity contribution in [1.29, 1.82) is 0 Å². The highest BCUT2D eigenvalue weighted by atomic mass is 16.3. The van der Waals surface area contributed by atoms with Crippen LogP contribution >= 0.6 is 0 Å². The van der Waals surface area contributed by atoms with Gasteiger partial charge in [-0.3, -0.25) is 4.68 Å². The monoisotopic (exact) mass is 317 g/mol. The molecule has 2 amide bonds. The van der Waals surface area contributed by atoms with E-state index in [-0.39, 0.29) is 18.1 Å². The van der Waals surface area contributed by atoms with Crippen molar-refractivity contribution in [2.75, 3.05) is 18.4 Å². The van der Waals surface area contributed by atoms with Crippen LogP contribution in [-0.2, 0) is 7.05 Å². The highest BCUT2D eigenvalue weighted by Gasteiger charge is 2.26. The van der Waals surface area contributed by atoms with Crippen LogP contribution in [0.1, 0.15) is 25.5 Å². The molecule has 1 aliphatic heterocycles. The van der Waals surface area contributed by atoms with Crippen molar-refractivity contribution in [1.82, 2.24) is 19.7 Å². The molecule has 23 heavy (non-hydrogen) atoms. The first-order valence-electron chi connectivity index (χ1n) is 7.99. The van der Waals surface area contributed by atoms with E-state index in [1.165, 1.54) is 0 Å². The van der Waals surface area contributed by atoms with Gasteiger partial charge in [0.2, 0.25) is 0 Å². The first-order valence-corrected chi connectivity index (χ1v) is 7.99. The van der Waals surface area contributed by atoms with Crippen molar-refractivity contribution in [3.05, 3.63) is 18.0 Å². The molecule has 2 aromatic rings. The van der Waals surface area contributed by atoms with E-state index in [4.69, 9.17) is 0 Å². The molecule has 2 atom stereocenters. The van der Waals surface area contributed by atoms with E-state index in [1.807, 2.05) is 20.0 Å². The molecule has 3 rings (SSSR count). The van der Waals surface area contributed by atoms with Crippen molar-refractivity contribution in [2.24, 2.45) is 13.0 Å². The molecular weight excluding hydrogens is 294 g/mol. The number of fused-ring (bicyclic) bond motifs is 1. The van der Waals surface area contributed by atoms with Gasteiger partial charge in [0.25, 0.3) is 0 Å². The minimum atomic E-state index is -0.387. The number of anilines is 1. The molecule has 0 bridgehead atoms. The number of piperidine rings is 1. The van der Waals surface area contributed by atoms with Crippen molar-refractivity contribution in [3.8, 4) is 0 Å². The van der Waals surface area contributed by atoms with Gasteiger partial charge in [-0.15, -0.1) is 0 Å². The van der Waals surface area contributed by atoms with Crippen LogP contribution in [0, 0.1) is 12.8 Å². The fourth-order valence-electron chi connectivity index (χ4n) is 3.17. The van der Waals surface area contributed by atoms with Crippen LogP contribution in [0.3, 0.4) is 0 Å². The molecule has 0 radical (unpaired) electrons. The number of hydrogen-bond acceptors (Lipinski definition) is 4. The van der Waals surface area contributed by atoms with Crippen LogP contribution in [-0.4, -0.2) is 50.0 Å². The molecule has 0 aliphatic carbocycles. The molecule has 2 aromatic heterocycles. The lowest BCUT2D eigenvalue weighted by Gasteiger charge is -2.34. The largest absolute Gasteiger partial charge is 0.393 e. The summed E-state index contributed by atoms with van der Waals surface area (Å²) in [6.07, 6.45) is 3.14. The van der Waals surface area contributed by atoms with Crippen molar-refractivity contribution in [3.63, 3.8) is 0 Å². The lowest BCUT2D eigenvalue weighted by molar-refractivity contribution is 0.0766. The van der Waals surface area contributed by atoms with Gasteiger partial charge in [-0.2, -0.15) is 5.10 Å². The molecule has 3 heterocycles. The normalized spacial score (nSPS) is 19.8. The molecule has 1 fully saturated rings. The second-order valence-electron chi connectivity index (χ2n) is 6.32. The second kappa shape index (κ2) is 6.16. The van der Waals surface area contributed by atoms with Gasteiger partial charge in [0.05, 0.1) is 23.7 Å². The number of amides is 2. The summed E-state index contributed by atoms with van der Waals surface area (Å²) in [6.45, 7) is 5.02. The molecule has 2 unspecified atom stereocenters. The van der Waals surface area contributed by atoms with Crippen LogP contribution in [0.4, 0.5) is 10.5 Å². The maximum absolute atomic E-state index is 12.4. The number of aryl methyl sites for hydroxylation is 2. The SMILES string of the molecule is Cc1nn(C)c2ncc(NC(=O)N3CCCC(C(C)O)C3)cc12. The standard InChI is InChI=1S/C16H23N5O2/c1-10-14-7-13(8-17-15(14)20(3)19-10)18-16(23)21-6-4-5-12(9-21)11(2)22/h7-8,11-12,22H,4-6,9H2,1-3H3,(H,18,23). The summed E-state index contributed by atoms with van der Waals surface area (Å²) in [4.78, 5) is 18.6. The average Bonchev–Trinajstić information content (AvgIpc) is 2.81. The summed E-state index contributed by atoms with van der Waals surface area (Å²) in [5, 5.41) is 17.9. The highest BCUT2D eigenvalue weighted by molar-refractivity contribution is 5.92. The summed E-state index contributed by atoms with van der Waals surface area (Å²) in [5.74, 6) is 0.149. The molecular formula is C16H23N5O2. The molecule has 0 aromatic carbocycles. The number of likely N-dealkylation sites (tertiary alicyclic amines) is 1. The van der Waals surface area contributed by atoms with E-state index >= 15 is 0 Å². The number of nitrogens with zero attached hydrogens (tertiary/aromatic N) is 4. The molecule has 1 saturated heterocycles. The topological polar surface area (TPSA) is 83.3 Å². The quantitative estimate of drug-likeness (QED) is 0.886. The van der Waals surface area contributed by atoms with E-state index in [2.05, 4.69) is 15.4 Å². The zero-order valence-electron chi connectivity index (χ0n) is 13.8. The van der Waals surface area contributed by atoms with Gasteiger partial charge < -0.3 is 15.3 Å². The Labute approximate surface area is 135 Å². The van der Waals surface area contributed by atoms with Gasteiger partial charge in [0, 0.05) is 31.4 Å². The molecule has 0 saturated carbocycles. The molecule has 1 aliphatic rings. The number of aliphatic hydroxyl groups excluding tert-OH is 1. The van der Waals surface area contributed by atoms with Crippen LogP contribution in [0.15, 0.2) is 12.3 Å². The molecule has 7 nitrogen and oxygen atoms in total. The van der Waals surface area contributed by atoms with E-state index in [1.54, 1.807) is 22.7 Å². The predicted octanol–water partition coefficient (Wildman–Crippen LogP) is 1.90. The predicted molar refractivity (Wildman–Crippen MR) is 88.2 cm³/mol. The highest BCUT2D eigenvalue weighted by Crippen LogP contribution is 2.22. The smallest absolute Gasteiger partial charge is 0.321 e. The van der Waals surface area contributed by atoms with E-state index in [9.17, 15) is 9.90 Å². The number of hydrogen-bond donors (Lipinski definition) is 2. The first kappa shape index (κ1) is 15.7. The second-order valence-corrected chi connectivity index (χ2v) is 6.32. The van der Waals surface area contributed by atoms with Gasteiger partial charge in [0.1, 0.15) is 0 Å². The van der Waals surface area contributed by atoms with Gasteiger partial charge in [-0.1, -0.05) is 0 Å². The lowest BCUT2D eigenvalue weighted by Crippen LogP contribution is -2.44. The zero-order valence-corrected chi connectivity index (χ0v) is 13.8. The third kappa shape index (κ3) is 3.14. The summed E-state index contributed by atoms with van der Waals surface area (Å²) >= 11 is 0. The molecule has 124 valence electrons. The Bertz CT molecular complexity index is 725. The van der Waals surface area contributed by atoms with Gasteiger partial charge in [0.15, 0.2) is 5.65 Å². The zero-order chi connectivity index (χ0) is 16.6. The van der Waals surface area contributed by atoms with Gasteiger partial charge >= 0.3 is 6.03 Å². The Balaban J connectivity index is 1.73. The maximum Gasteiger partial charge on any atom is 0.321 e. The van der Waals surface area contributed by atoms with Crippen LogP contribution in [0.25, 0.3) is 11.0 Å². The number of carbonyl (C=O) groups excluding carboxylic acids is 1. The molecule has 7 heteroatoms. The van der Waals surface area contributed by atoms with E-state index in [0.717, 1.165) is 36.1 Å². The number of nitrogens with one attached hydrogen (secondary N) is 1. The minimum absolute atomic E-state index is 0.141. The fourth-order valence-corrected chi connectivity index (χ4v) is 3.17. The Morgan fingerprint density at radius 1 is 1.52 bits per heavy atom. The van der Waals surface area contributed by atoms with Crippen molar-refractivity contribution < 1.29 is 9.90 Å². The first-order chi connectivity index (χ1) is 11.0. The summed E-state index contributed by atoms with van der Waals surface area (Å²) < 4.78 is 1.73. The average molecular weight is 317 g/mol. The number of urea groups is 1. The lowest BCUT2D eigenvalue weighted by atomic mass is 9.94. The van der Waals surface area contributed by atoms with Crippen LogP contribution < -0.4 is 5.32 Å². The van der Waals surface area contributed by atoms with Crippen LogP contribution in [0.5, 0.6) is 0 Å². The van der Waals surface area contributed by atoms with E-state index in [0.29, 0.717) is 12.2 Å². The third-order valence-corrected chi connectivity index (χ3v) is 4.54. The molecule has 2 N–H and O–H groups in total. The fraction of sp³-hybridized carbons (Fsp3) is 0.562. The maximum atomic E-state index is 12.4. The number of rotatable bonds is 2. The Morgan fingerprint density at radius 3 is 3.04 bits per heavy atom.